The molecule has 1 aromatic carbocycles. The van der Waals surface area contributed by atoms with Crippen LogP contribution in [0.3, 0.4) is 0 Å². The Kier molecular flexibility index (Phi) is 2.47. The minimum Gasteiger partial charge on any atom is -0.497 e. The van der Waals surface area contributed by atoms with E-state index in [2.05, 4.69) is 26.0 Å². The standard InChI is InChI=1S/C13H19NO/c1-13(2)7-9-6-10(15-3)4-5-11(9)12(13)8-14/h4-6,12H,7-8,14H2,1-3H3. The molecule has 2 rings (SSSR count). The highest BCUT2D eigenvalue weighted by Gasteiger charge is 2.37. The van der Waals surface area contributed by atoms with Crippen LogP contribution in [0.25, 0.3) is 0 Å². The van der Waals surface area contributed by atoms with Crippen molar-refractivity contribution in [3.8, 4) is 5.75 Å². The molecule has 1 unspecified atom stereocenters. The molecule has 0 aliphatic heterocycles. The lowest BCUT2D eigenvalue weighted by molar-refractivity contribution is 0.318. The fourth-order valence-corrected chi connectivity index (χ4v) is 2.68. The number of nitrogens with two attached hydrogens (primary N) is 1. The Bertz CT molecular complexity index is 371. The van der Waals surface area contributed by atoms with Gasteiger partial charge in [-0.25, -0.2) is 0 Å². The number of fused-ring (bicyclic) bond motifs is 1. The number of benzene rings is 1. The van der Waals surface area contributed by atoms with Crippen LogP contribution in [-0.2, 0) is 6.42 Å². The Morgan fingerprint density at radius 2 is 2.20 bits per heavy atom. The van der Waals surface area contributed by atoms with Crippen molar-refractivity contribution in [2.24, 2.45) is 11.1 Å². The molecule has 2 heteroatoms. The molecule has 1 atom stereocenters. The molecule has 2 N–H and O–H groups in total. The third kappa shape index (κ3) is 1.63. The van der Waals surface area contributed by atoms with Gasteiger partial charge in [0.1, 0.15) is 5.75 Å². The Morgan fingerprint density at radius 3 is 2.80 bits per heavy atom. The molecule has 0 bridgehead atoms. The molecule has 1 aliphatic carbocycles. The highest BCUT2D eigenvalue weighted by molar-refractivity contribution is 5.43. The predicted octanol–water partition coefficient (Wildman–Crippen LogP) is 2.32. The van der Waals surface area contributed by atoms with Crippen LogP contribution in [0, 0.1) is 5.41 Å². The van der Waals surface area contributed by atoms with E-state index in [9.17, 15) is 0 Å². The highest BCUT2D eigenvalue weighted by Crippen LogP contribution is 2.46. The maximum atomic E-state index is 5.86. The van der Waals surface area contributed by atoms with Crippen LogP contribution in [-0.4, -0.2) is 13.7 Å². The lowest BCUT2D eigenvalue weighted by Gasteiger charge is -2.26. The van der Waals surface area contributed by atoms with E-state index in [4.69, 9.17) is 10.5 Å². The van der Waals surface area contributed by atoms with Crippen molar-refractivity contribution >= 4 is 0 Å². The molecule has 82 valence electrons. The van der Waals surface area contributed by atoms with E-state index in [0.29, 0.717) is 5.92 Å². The molecular formula is C13H19NO. The van der Waals surface area contributed by atoms with Crippen molar-refractivity contribution < 1.29 is 4.74 Å². The Hall–Kier alpha value is -1.02. The van der Waals surface area contributed by atoms with Crippen LogP contribution in [0.15, 0.2) is 18.2 Å². The number of hydrogen-bond acceptors (Lipinski definition) is 2. The molecule has 2 nitrogen and oxygen atoms in total. The minimum absolute atomic E-state index is 0.281. The summed E-state index contributed by atoms with van der Waals surface area (Å²) in [5.41, 5.74) is 8.95. The van der Waals surface area contributed by atoms with Gasteiger partial charge in [0.05, 0.1) is 7.11 Å². The zero-order chi connectivity index (χ0) is 11.1. The zero-order valence-corrected chi connectivity index (χ0v) is 9.71. The van der Waals surface area contributed by atoms with Gasteiger partial charge >= 0.3 is 0 Å². The van der Waals surface area contributed by atoms with E-state index in [1.54, 1.807) is 7.11 Å². The molecule has 0 spiro atoms. The smallest absolute Gasteiger partial charge is 0.119 e. The van der Waals surface area contributed by atoms with Crippen molar-refractivity contribution in [2.45, 2.75) is 26.2 Å². The van der Waals surface area contributed by atoms with E-state index >= 15 is 0 Å². The molecule has 1 aromatic rings. The van der Waals surface area contributed by atoms with Gasteiger partial charge in [-0.3, -0.25) is 0 Å². The maximum absolute atomic E-state index is 5.86. The Morgan fingerprint density at radius 1 is 1.47 bits per heavy atom. The van der Waals surface area contributed by atoms with Gasteiger partial charge in [-0.05, 0) is 41.6 Å². The number of rotatable bonds is 2. The van der Waals surface area contributed by atoms with Gasteiger partial charge in [-0.2, -0.15) is 0 Å². The van der Waals surface area contributed by atoms with Crippen molar-refractivity contribution in [1.29, 1.82) is 0 Å². The van der Waals surface area contributed by atoms with Crippen molar-refractivity contribution in [1.82, 2.24) is 0 Å². The quantitative estimate of drug-likeness (QED) is 0.804. The third-order valence-electron chi connectivity index (χ3n) is 3.55. The predicted molar refractivity (Wildman–Crippen MR) is 62.3 cm³/mol. The normalized spacial score (nSPS) is 22.5. The summed E-state index contributed by atoms with van der Waals surface area (Å²) < 4.78 is 5.25. The molecule has 0 saturated heterocycles. The number of hydrogen-bond donors (Lipinski definition) is 1. The zero-order valence-electron chi connectivity index (χ0n) is 9.71. The molecule has 1 aliphatic rings. The summed E-state index contributed by atoms with van der Waals surface area (Å²) in [7, 11) is 1.71. The molecular weight excluding hydrogens is 186 g/mol. The summed E-state index contributed by atoms with van der Waals surface area (Å²) in [5, 5.41) is 0. The fraction of sp³-hybridized carbons (Fsp3) is 0.538. The maximum Gasteiger partial charge on any atom is 0.119 e. The van der Waals surface area contributed by atoms with Crippen molar-refractivity contribution in [3.05, 3.63) is 29.3 Å². The SMILES string of the molecule is COc1ccc2c(c1)CC(C)(C)C2CN. The fourth-order valence-electron chi connectivity index (χ4n) is 2.68. The molecule has 0 saturated carbocycles. The average Bonchev–Trinajstić information content (AvgIpc) is 2.45. The first-order valence-corrected chi connectivity index (χ1v) is 5.45. The van der Waals surface area contributed by atoms with Gasteiger partial charge in [0, 0.05) is 5.92 Å². The molecule has 0 aromatic heterocycles. The number of methoxy groups -OCH3 is 1. The van der Waals surface area contributed by atoms with Crippen molar-refractivity contribution in [3.63, 3.8) is 0 Å². The second kappa shape index (κ2) is 3.53. The lowest BCUT2D eigenvalue weighted by atomic mass is 9.80. The molecule has 0 heterocycles. The first kappa shape index (κ1) is 10.5. The van der Waals surface area contributed by atoms with Crippen LogP contribution in [0.5, 0.6) is 5.75 Å². The molecule has 0 amide bonds. The summed E-state index contributed by atoms with van der Waals surface area (Å²) in [6, 6.07) is 6.34. The lowest BCUT2D eigenvalue weighted by Crippen LogP contribution is -2.24. The van der Waals surface area contributed by atoms with Gasteiger partial charge < -0.3 is 10.5 Å². The van der Waals surface area contributed by atoms with E-state index in [0.717, 1.165) is 18.7 Å². The van der Waals surface area contributed by atoms with E-state index in [-0.39, 0.29) is 5.41 Å². The molecule has 0 radical (unpaired) electrons. The summed E-state index contributed by atoms with van der Waals surface area (Å²) in [4.78, 5) is 0. The van der Waals surface area contributed by atoms with Gasteiger partial charge in [0.25, 0.3) is 0 Å². The van der Waals surface area contributed by atoms with Gasteiger partial charge in [0.15, 0.2) is 0 Å². The van der Waals surface area contributed by atoms with E-state index in [1.807, 2.05) is 6.07 Å². The van der Waals surface area contributed by atoms with E-state index < -0.39 is 0 Å². The average molecular weight is 205 g/mol. The Balaban J connectivity index is 2.43. The molecule has 15 heavy (non-hydrogen) atoms. The van der Waals surface area contributed by atoms with Crippen LogP contribution in [0.4, 0.5) is 0 Å². The number of ether oxygens (including phenoxy) is 1. The van der Waals surface area contributed by atoms with Gasteiger partial charge in [0.2, 0.25) is 0 Å². The monoisotopic (exact) mass is 205 g/mol. The first-order valence-electron chi connectivity index (χ1n) is 5.45. The van der Waals surface area contributed by atoms with Crippen LogP contribution >= 0.6 is 0 Å². The van der Waals surface area contributed by atoms with Crippen LogP contribution < -0.4 is 10.5 Å². The largest absolute Gasteiger partial charge is 0.497 e. The summed E-state index contributed by atoms with van der Waals surface area (Å²) in [6.07, 6.45) is 1.10. The van der Waals surface area contributed by atoms with Crippen LogP contribution in [0.1, 0.15) is 30.9 Å². The minimum atomic E-state index is 0.281. The van der Waals surface area contributed by atoms with Crippen molar-refractivity contribution in [2.75, 3.05) is 13.7 Å². The van der Waals surface area contributed by atoms with E-state index in [1.165, 1.54) is 11.1 Å². The summed E-state index contributed by atoms with van der Waals surface area (Å²) in [6.45, 7) is 5.31. The van der Waals surface area contributed by atoms with Gasteiger partial charge in [-0.1, -0.05) is 19.9 Å². The van der Waals surface area contributed by atoms with Gasteiger partial charge in [-0.15, -0.1) is 0 Å². The first-order chi connectivity index (χ1) is 7.08. The second-order valence-corrected chi connectivity index (χ2v) is 5.02. The second-order valence-electron chi connectivity index (χ2n) is 5.02. The summed E-state index contributed by atoms with van der Waals surface area (Å²) >= 11 is 0. The highest BCUT2D eigenvalue weighted by atomic mass is 16.5. The Labute approximate surface area is 91.4 Å². The topological polar surface area (TPSA) is 35.2 Å². The molecule has 0 fully saturated rings. The van der Waals surface area contributed by atoms with Crippen LogP contribution in [0.2, 0.25) is 0 Å². The third-order valence-corrected chi connectivity index (χ3v) is 3.55. The summed E-state index contributed by atoms with van der Waals surface area (Å²) in [5.74, 6) is 1.43.